The Morgan fingerprint density at radius 3 is 1.08 bits per heavy atom. The number of halogens is 5. The molecule has 5 heteroatoms. The Morgan fingerprint density at radius 1 is 0.347 bits per heavy atom. The van der Waals surface area contributed by atoms with E-state index >= 15 is 0 Å². The van der Waals surface area contributed by atoms with Crippen LogP contribution >= 0.6 is 0 Å². The van der Waals surface area contributed by atoms with Crippen molar-refractivity contribution in [1.82, 2.24) is 0 Å². The van der Waals surface area contributed by atoms with Crippen LogP contribution in [0.1, 0.15) is 50.3 Å². The zero-order chi connectivity index (χ0) is 34.9. The number of benzene rings is 6. The van der Waals surface area contributed by atoms with E-state index in [4.69, 9.17) is 0 Å². The molecule has 0 fully saturated rings. The molecule has 6 aromatic carbocycles. The average Bonchev–Trinajstić information content (AvgIpc) is 3.11. The van der Waals surface area contributed by atoms with Crippen LogP contribution in [0.2, 0.25) is 0 Å². The second-order valence-electron chi connectivity index (χ2n) is 12.1. The SMILES string of the molecule is CCCc1ccc(-c2ccc(-c3cc(F)c(F)c(F)c3)c(F)c2)cc1.CCCc1ccc(-c2ccc(-c3ccc(CC)cc3)c(F)c2)cc1. The topological polar surface area (TPSA) is 0 Å². The van der Waals surface area contributed by atoms with E-state index in [0.29, 0.717) is 11.1 Å². The molecular formula is C44H39F5. The zero-order valence-corrected chi connectivity index (χ0v) is 28.0. The third kappa shape index (κ3) is 8.72. The lowest BCUT2D eigenvalue weighted by Crippen LogP contribution is -1.94. The lowest BCUT2D eigenvalue weighted by atomic mass is 9.97. The molecule has 0 saturated heterocycles. The lowest BCUT2D eigenvalue weighted by molar-refractivity contribution is 0.447. The van der Waals surface area contributed by atoms with Gasteiger partial charge in [0.15, 0.2) is 17.5 Å². The van der Waals surface area contributed by atoms with Crippen LogP contribution in [-0.4, -0.2) is 0 Å². The maximum absolute atomic E-state index is 14.6. The Kier molecular flexibility index (Phi) is 11.8. The van der Waals surface area contributed by atoms with Crippen LogP contribution < -0.4 is 0 Å². The quantitative estimate of drug-likeness (QED) is 0.107. The lowest BCUT2D eigenvalue weighted by Gasteiger charge is -2.09. The van der Waals surface area contributed by atoms with E-state index in [1.807, 2.05) is 48.5 Å². The molecule has 0 unspecified atom stereocenters. The maximum atomic E-state index is 14.6. The summed E-state index contributed by atoms with van der Waals surface area (Å²) in [5, 5.41) is 0. The van der Waals surface area contributed by atoms with E-state index in [2.05, 4.69) is 57.2 Å². The van der Waals surface area contributed by atoms with Gasteiger partial charge < -0.3 is 0 Å². The Bertz CT molecular complexity index is 1970. The first-order chi connectivity index (χ1) is 23.7. The first kappa shape index (κ1) is 35.3. The Morgan fingerprint density at radius 2 is 0.694 bits per heavy atom. The monoisotopic (exact) mass is 662 g/mol. The first-order valence-electron chi connectivity index (χ1n) is 16.7. The van der Waals surface area contributed by atoms with E-state index in [-0.39, 0.29) is 16.9 Å². The van der Waals surface area contributed by atoms with Gasteiger partial charge in [-0.15, -0.1) is 0 Å². The Hall–Kier alpha value is -5.03. The molecule has 0 atom stereocenters. The number of rotatable bonds is 9. The maximum Gasteiger partial charge on any atom is 0.194 e. The molecule has 250 valence electrons. The van der Waals surface area contributed by atoms with Gasteiger partial charge in [-0.25, -0.2) is 22.0 Å². The summed E-state index contributed by atoms with van der Waals surface area (Å²) in [6.45, 7) is 6.40. The molecule has 0 amide bonds. The van der Waals surface area contributed by atoms with Gasteiger partial charge in [0.2, 0.25) is 0 Å². The fraction of sp³-hybridized carbons (Fsp3) is 0.182. The van der Waals surface area contributed by atoms with Crippen molar-refractivity contribution >= 4 is 0 Å². The summed E-state index contributed by atoms with van der Waals surface area (Å²) >= 11 is 0. The zero-order valence-electron chi connectivity index (χ0n) is 28.0. The molecule has 0 aliphatic heterocycles. The molecule has 6 rings (SSSR count). The van der Waals surface area contributed by atoms with E-state index < -0.39 is 23.3 Å². The van der Waals surface area contributed by atoms with Crippen molar-refractivity contribution in [2.75, 3.05) is 0 Å². The highest BCUT2D eigenvalue weighted by molar-refractivity contribution is 5.72. The summed E-state index contributed by atoms with van der Waals surface area (Å²) in [5.41, 5.74) is 8.85. The smallest absolute Gasteiger partial charge is 0.194 e. The second-order valence-corrected chi connectivity index (χ2v) is 12.1. The third-order valence-electron chi connectivity index (χ3n) is 8.56. The molecule has 0 N–H and O–H groups in total. The van der Waals surface area contributed by atoms with E-state index in [1.54, 1.807) is 12.1 Å². The number of hydrogen-bond donors (Lipinski definition) is 0. The molecule has 0 heterocycles. The number of aryl methyl sites for hydroxylation is 3. The van der Waals surface area contributed by atoms with E-state index in [1.165, 1.54) is 28.8 Å². The molecule has 0 saturated carbocycles. The van der Waals surface area contributed by atoms with Gasteiger partial charge in [0, 0.05) is 11.1 Å². The van der Waals surface area contributed by atoms with Crippen LogP contribution in [0.15, 0.2) is 121 Å². The van der Waals surface area contributed by atoms with Crippen molar-refractivity contribution in [1.29, 1.82) is 0 Å². The van der Waals surface area contributed by atoms with Crippen LogP contribution in [0, 0.1) is 29.1 Å². The highest BCUT2D eigenvalue weighted by Crippen LogP contribution is 2.31. The molecule has 49 heavy (non-hydrogen) atoms. The summed E-state index contributed by atoms with van der Waals surface area (Å²) in [5.74, 6) is -5.04. The van der Waals surface area contributed by atoms with Gasteiger partial charge in [0.25, 0.3) is 0 Å². The predicted molar refractivity (Wildman–Crippen MR) is 192 cm³/mol. The minimum Gasteiger partial charge on any atom is -0.206 e. The Labute approximate surface area is 285 Å². The number of hydrogen-bond acceptors (Lipinski definition) is 0. The van der Waals surface area contributed by atoms with Crippen LogP contribution in [0.3, 0.4) is 0 Å². The molecule has 0 nitrogen and oxygen atoms in total. The van der Waals surface area contributed by atoms with Crippen LogP contribution in [0.25, 0.3) is 44.5 Å². The third-order valence-corrected chi connectivity index (χ3v) is 8.56. The van der Waals surface area contributed by atoms with Crippen LogP contribution in [-0.2, 0) is 19.3 Å². The van der Waals surface area contributed by atoms with Gasteiger partial charge in [-0.1, -0.05) is 131 Å². The highest BCUT2D eigenvalue weighted by atomic mass is 19.2. The van der Waals surface area contributed by atoms with Gasteiger partial charge in [-0.2, -0.15) is 0 Å². The van der Waals surface area contributed by atoms with Crippen molar-refractivity contribution in [3.63, 3.8) is 0 Å². The Balaban J connectivity index is 0.000000191. The van der Waals surface area contributed by atoms with Crippen molar-refractivity contribution in [3.05, 3.63) is 167 Å². The van der Waals surface area contributed by atoms with Gasteiger partial charge in [-0.05, 0) is 93.6 Å². The minimum absolute atomic E-state index is 0.0177. The summed E-state index contributed by atoms with van der Waals surface area (Å²) in [4.78, 5) is 0. The van der Waals surface area contributed by atoms with Gasteiger partial charge in [-0.3, -0.25) is 0 Å². The molecule has 0 aliphatic rings. The van der Waals surface area contributed by atoms with Gasteiger partial charge in [0.05, 0.1) is 0 Å². The van der Waals surface area contributed by atoms with Crippen LogP contribution in [0.4, 0.5) is 22.0 Å². The van der Waals surface area contributed by atoms with Gasteiger partial charge >= 0.3 is 0 Å². The average molecular weight is 663 g/mol. The predicted octanol–water partition coefficient (Wildman–Crippen LogP) is 13.2. The van der Waals surface area contributed by atoms with Crippen molar-refractivity contribution in [3.8, 4) is 44.5 Å². The fourth-order valence-electron chi connectivity index (χ4n) is 5.79. The molecule has 6 aromatic rings. The molecule has 0 bridgehead atoms. The summed E-state index contributed by atoms with van der Waals surface area (Å²) in [6.07, 6.45) is 5.25. The minimum atomic E-state index is -1.56. The molecule has 0 spiro atoms. The molecular weight excluding hydrogens is 623 g/mol. The largest absolute Gasteiger partial charge is 0.206 e. The fourth-order valence-corrected chi connectivity index (χ4v) is 5.79. The van der Waals surface area contributed by atoms with Crippen LogP contribution in [0.5, 0.6) is 0 Å². The van der Waals surface area contributed by atoms with E-state index in [9.17, 15) is 22.0 Å². The second kappa shape index (κ2) is 16.4. The standard InChI is InChI=1S/C23H23F.C21H16F4/c1-3-5-18-8-10-19(11-9-18)21-14-15-22(23(24)16-21)20-12-6-17(4-2)7-13-20;1-2-3-13-4-6-14(7-5-13)15-8-9-17(18(22)10-15)16-11-19(23)21(25)20(24)12-16/h6-16H,3-5H2,1-2H3;4-12H,2-3H2,1H3. The van der Waals surface area contributed by atoms with E-state index in [0.717, 1.165) is 66.5 Å². The first-order valence-corrected chi connectivity index (χ1v) is 16.7. The normalized spacial score (nSPS) is 10.9. The van der Waals surface area contributed by atoms with Gasteiger partial charge in [0.1, 0.15) is 11.6 Å². The summed E-state index contributed by atoms with van der Waals surface area (Å²) in [7, 11) is 0. The molecule has 0 aromatic heterocycles. The van der Waals surface area contributed by atoms with Crippen molar-refractivity contribution in [2.45, 2.75) is 52.9 Å². The van der Waals surface area contributed by atoms with Crippen molar-refractivity contribution < 1.29 is 22.0 Å². The summed E-state index contributed by atoms with van der Waals surface area (Å²) < 4.78 is 68.8. The molecule has 0 radical (unpaired) electrons. The molecule has 0 aliphatic carbocycles. The van der Waals surface area contributed by atoms with Crippen molar-refractivity contribution in [2.24, 2.45) is 0 Å². The highest BCUT2D eigenvalue weighted by Gasteiger charge is 2.15. The summed E-state index contributed by atoms with van der Waals surface area (Å²) in [6, 6.07) is 35.9.